The van der Waals surface area contributed by atoms with E-state index in [1.165, 1.54) is 23.5 Å². The zero-order valence-electron chi connectivity index (χ0n) is 22.3. The Labute approximate surface area is 251 Å². The van der Waals surface area contributed by atoms with Crippen molar-refractivity contribution in [2.24, 2.45) is 9.98 Å². The maximum atomic E-state index is 13.4. The lowest BCUT2D eigenvalue weighted by Gasteiger charge is -2.19. The fourth-order valence-corrected chi connectivity index (χ4v) is 6.26. The number of carbonyl (C=O) groups is 2. The Bertz CT molecular complexity index is 1580. The summed E-state index contributed by atoms with van der Waals surface area (Å²) < 4.78 is 0. The summed E-state index contributed by atoms with van der Waals surface area (Å²) in [6, 6.07) is 30.0. The molecule has 2 aliphatic rings. The molecular formula is C32H24N6O2S2. The number of carbonyl (C=O) groups excluding carboxylic acids is 2. The molecule has 4 heterocycles. The first-order chi connectivity index (χ1) is 20.7. The third-order valence-corrected chi connectivity index (χ3v) is 8.32. The van der Waals surface area contributed by atoms with Crippen molar-refractivity contribution in [3.8, 4) is 0 Å². The van der Waals surface area contributed by atoms with Crippen LogP contribution in [0, 0.1) is 0 Å². The van der Waals surface area contributed by atoms with Gasteiger partial charge in [-0.3, -0.25) is 29.4 Å². The highest BCUT2D eigenvalue weighted by molar-refractivity contribution is 8.17. The van der Waals surface area contributed by atoms with E-state index in [1.807, 2.05) is 97.1 Å². The molecular weight excluding hydrogens is 565 g/mol. The summed E-state index contributed by atoms with van der Waals surface area (Å²) >= 11 is 2.96. The molecule has 6 rings (SSSR count). The van der Waals surface area contributed by atoms with Gasteiger partial charge in [0.05, 0.1) is 22.8 Å². The number of benzene rings is 2. The lowest BCUT2D eigenvalue weighted by atomic mass is 10.2. The van der Waals surface area contributed by atoms with E-state index < -0.39 is 0 Å². The van der Waals surface area contributed by atoms with Crippen LogP contribution < -0.4 is 9.80 Å². The van der Waals surface area contributed by atoms with Crippen LogP contribution in [0.3, 0.4) is 0 Å². The number of pyridine rings is 2. The van der Waals surface area contributed by atoms with Crippen molar-refractivity contribution in [3.63, 3.8) is 0 Å². The van der Waals surface area contributed by atoms with Crippen LogP contribution in [0.4, 0.5) is 11.4 Å². The first kappa shape index (κ1) is 27.4. The molecule has 10 heteroatoms. The number of amides is 2. The number of para-hydroxylation sites is 2. The molecule has 0 fully saturated rings. The van der Waals surface area contributed by atoms with Crippen molar-refractivity contribution < 1.29 is 9.59 Å². The van der Waals surface area contributed by atoms with E-state index in [2.05, 4.69) is 20.0 Å². The lowest BCUT2D eigenvalue weighted by molar-refractivity contribution is -0.114. The third-order valence-electron chi connectivity index (χ3n) is 6.18. The van der Waals surface area contributed by atoms with E-state index >= 15 is 0 Å². The van der Waals surface area contributed by atoms with Crippen molar-refractivity contribution in [1.29, 1.82) is 0 Å². The van der Waals surface area contributed by atoms with E-state index in [0.29, 0.717) is 44.6 Å². The summed E-state index contributed by atoms with van der Waals surface area (Å²) in [6.07, 6.45) is 6.77. The van der Waals surface area contributed by atoms with E-state index in [1.54, 1.807) is 34.3 Å². The molecule has 0 unspecified atom stereocenters. The minimum atomic E-state index is -0.202. The predicted molar refractivity (Wildman–Crippen MR) is 172 cm³/mol. The monoisotopic (exact) mass is 588 g/mol. The summed E-state index contributed by atoms with van der Waals surface area (Å²) in [5, 5.41) is 1.18. The second-order valence-electron chi connectivity index (χ2n) is 9.01. The summed E-state index contributed by atoms with van der Waals surface area (Å²) in [4.78, 5) is 48.1. The van der Waals surface area contributed by atoms with Crippen LogP contribution in [-0.4, -0.2) is 43.6 Å². The second-order valence-corrected chi connectivity index (χ2v) is 11.1. The molecule has 0 N–H and O–H groups in total. The number of anilines is 2. The Kier molecular flexibility index (Phi) is 8.34. The number of rotatable bonds is 7. The van der Waals surface area contributed by atoms with Gasteiger partial charge in [0.2, 0.25) is 0 Å². The first-order valence-corrected chi connectivity index (χ1v) is 15.1. The highest BCUT2D eigenvalue weighted by Gasteiger charge is 2.33. The minimum Gasteiger partial charge on any atom is -0.266 e. The maximum Gasteiger partial charge on any atom is 0.283 e. The molecule has 2 aromatic carbocycles. The molecule has 8 nitrogen and oxygen atoms in total. The predicted octanol–water partition coefficient (Wildman–Crippen LogP) is 6.13. The molecule has 0 aliphatic carbocycles. The summed E-state index contributed by atoms with van der Waals surface area (Å²) in [5.74, 6) is 0.859. The number of nitrogens with zero attached hydrogens (tertiary/aromatic N) is 6. The average molecular weight is 589 g/mol. The van der Waals surface area contributed by atoms with E-state index in [0.717, 1.165) is 11.4 Å². The van der Waals surface area contributed by atoms with E-state index in [4.69, 9.17) is 0 Å². The van der Waals surface area contributed by atoms with Gasteiger partial charge in [0, 0.05) is 23.9 Å². The summed E-state index contributed by atoms with van der Waals surface area (Å²) in [7, 11) is 0. The third kappa shape index (κ3) is 6.09. The fraction of sp³-hybridized carbons (Fsp3) is 0.0625. The summed E-state index contributed by atoms with van der Waals surface area (Å²) in [6.45, 7) is 0. The van der Waals surface area contributed by atoms with Gasteiger partial charge in [-0.05, 0) is 60.7 Å². The van der Waals surface area contributed by atoms with Crippen LogP contribution in [-0.2, 0) is 9.59 Å². The quantitative estimate of drug-likeness (QED) is 0.191. The normalized spacial score (nSPS) is 16.9. The van der Waals surface area contributed by atoms with Crippen LogP contribution in [0.15, 0.2) is 131 Å². The molecule has 2 aromatic heterocycles. The number of aromatic nitrogens is 2. The van der Waals surface area contributed by atoms with Crippen molar-refractivity contribution in [1.82, 2.24) is 9.97 Å². The number of aliphatic imine (C=N–C) groups is 2. The van der Waals surface area contributed by atoms with Crippen molar-refractivity contribution in [3.05, 3.63) is 132 Å². The van der Waals surface area contributed by atoms with E-state index in [-0.39, 0.29) is 11.8 Å². The lowest BCUT2D eigenvalue weighted by Crippen LogP contribution is -2.31. The topological polar surface area (TPSA) is 91.1 Å². The standard InChI is InChI=1S/C32H24N6O2S2/c39-29-27(21-23-11-7-9-17-33-23)35-31(37(29)25-13-3-1-4-14-25)41-19-20-42-32-36-28(22-24-12-8-10-18-34-24)30(40)38(32)26-15-5-2-6-16-26/h1-18,21-22H,19-20H2. The molecule has 0 bridgehead atoms. The number of hydrogen-bond donors (Lipinski definition) is 0. The molecule has 0 spiro atoms. The van der Waals surface area contributed by atoms with Crippen LogP contribution in [0.2, 0.25) is 0 Å². The van der Waals surface area contributed by atoms with E-state index in [9.17, 15) is 9.59 Å². The molecule has 0 saturated heterocycles. The molecule has 2 amide bonds. The highest BCUT2D eigenvalue weighted by atomic mass is 32.2. The van der Waals surface area contributed by atoms with Gasteiger partial charge >= 0.3 is 0 Å². The van der Waals surface area contributed by atoms with Crippen molar-refractivity contribution in [2.45, 2.75) is 0 Å². The number of hydrogen-bond acceptors (Lipinski definition) is 8. The Morgan fingerprint density at radius 2 is 0.952 bits per heavy atom. The van der Waals surface area contributed by atoms with Gasteiger partial charge in [-0.15, -0.1) is 0 Å². The van der Waals surface area contributed by atoms with Gasteiger partial charge in [0.15, 0.2) is 10.3 Å². The Hall–Kier alpha value is -4.80. The molecule has 206 valence electrons. The van der Waals surface area contributed by atoms with Gasteiger partial charge < -0.3 is 0 Å². The van der Waals surface area contributed by atoms with Gasteiger partial charge in [-0.1, -0.05) is 72.1 Å². The van der Waals surface area contributed by atoms with Gasteiger partial charge in [-0.2, -0.15) is 0 Å². The highest BCUT2D eigenvalue weighted by Crippen LogP contribution is 2.32. The smallest absolute Gasteiger partial charge is 0.266 e. The van der Waals surface area contributed by atoms with Gasteiger partial charge in [0.25, 0.3) is 11.8 Å². The molecule has 4 aromatic rings. The molecule has 0 saturated carbocycles. The van der Waals surface area contributed by atoms with Crippen molar-refractivity contribution >= 4 is 69.2 Å². The molecule has 42 heavy (non-hydrogen) atoms. The average Bonchev–Trinajstić information content (AvgIpc) is 3.51. The molecule has 2 aliphatic heterocycles. The fourth-order valence-electron chi connectivity index (χ4n) is 4.26. The van der Waals surface area contributed by atoms with Gasteiger partial charge in [-0.25, -0.2) is 9.98 Å². The summed E-state index contributed by atoms with van der Waals surface area (Å²) in [5.41, 5.74) is 3.49. The Morgan fingerprint density at radius 3 is 1.33 bits per heavy atom. The zero-order chi connectivity index (χ0) is 28.7. The number of thioether (sulfide) groups is 2. The van der Waals surface area contributed by atoms with Crippen molar-refractivity contribution in [2.75, 3.05) is 21.3 Å². The zero-order valence-corrected chi connectivity index (χ0v) is 23.9. The van der Waals surface area contributed by atoms with Crippen LogP contribution in [0.25, 0.3) is 12.2 Å². The molecule has 0 radical (unpaired) electrons. The Balaban J connectivity index is 1.20. The Morgan fingerprint density at radius 1 is 0.548 bits per heavy atom. The van der Waals surface area contributed by atoms with Crippen LogP contribution in [0.1, 0.15) is 11.4 Å². The maximum absolute atomic E-state index is 13.4. The largest absolute Gasteiger partial charge is 0.283 e. The van der Waals surface area contributed by atoms with Crippen LogP contribution >= 0.6 is 23.5 Å². The van der Waals surface area contributed by atoms with Gasteiger partial charge in [0.1, 0.15) is 11.4 Å². The number of amidine groups is 2. The molecule has 0 atom stereocenters. The minimum absolute atomic E-state index is 0.202. The second kappa shape index (κ2) is 12.8. The van der Waals surface area contributed by atoms with Crippen LogP contribution in [0.5, 0.6) is 0 Å². The first-order valence-electron chi connectivity index (χ1n) is 13.1. The SMILES string of the molecule is O=C1C(=Cc2ccccn2)N=C(SCCSC2=NC(=Cc3ccccn3)C(=O)N2c2ccccc2)N1c1ccccc1.